The Morgan fingerprint density at radius 2 is 2.14 bits per heavy atom. The predicted molar refractivity (Wildman–Crippen MR) is 82.0 cm³/mol. The van der Waals surface area contributed by atoms with E-state index in [1.54, 1.807) is 30.3 Å². The van der Waals surface area contributed by atoms with E-state index in [1.807, 2.05) is 0 Å². The number of benzene rings is 2. The van der Waals surface area contributed by atoms with E-state index in [4.69, 9.17) is 17.3 Å². The Bertz CT molecular complexity index is 849. The van der Waals surface area contributed by atoms with Gasteiger partial charge >= 0.3 is 0 Å². The molecule has 0 aliphatic heterocycles. The van der Waals surface area contributed by atoms with E-state index in [2.05, 4.69) is 9.97 Å². The van der Waals surface area contributed by atoms with Gasteiger partial charge in [0.1, 0.15) is 5.82 Å². The molecule has 1 atom stereocenters. The Labute approximate surface area is 127 Å². The number of fused-ring (bicyclic) bond motifs is 1. The van der Waals surface area contributed by atoms with Crippen molar-refractivity contribution in [1.29, 1.82) is 0 Å². The third kappa shape index (κ3) is 2.77. The number of hydrogen-bond donors (Lipinski definition) is 2. The van der Waals surface area contributed by atoms with E-state index in [0.717, 1.165) is 0 Å². The summed E-state index contributed by atoms with van der Waals surface area (Å²) in [4.78, 5) is 7.18. The van der Waals surface area contributed by atoms with Crippen molar-refractivity contribution in [2.75, 3.05) is 5.73 Å². The van der Waals surface area contributed by atoms with Crippen LogP contribution in [0.15, 0.2) is 41.6 Å². The first-order valence-corrected chi connectivity index (χ1v) is 7.81. The zero-order valence-electron chi connectivity index (χ0n) is 10.8. The van der Waals surface area contributed by atoms with Gasteiger partial charge in [0.15, 0.2) is 5.16 Å². The van der Waals surface area contributed by atoms with Crippen LogP contribution in [-0.2, 0) is 16.6 Å². The van der Waals surface area contributed by atoms with Crippen LogP contribution < -0.4 is 5.73 Å². The van der Waals surface area contributed by atoms with Gasteiger partial charge in [-0.15, -0.1) is 0 Å². The van der Waals surface area contributed by atoms with E-state index >= 15 is 0 Å². The van der Waals surface area contributed by atoms with Crippen LogP contribution in [0, 0.1) is 5.82 Å². The van der Waals surface area contributed by atoms with E-state index in [9.17, 15) is 8.60 Å². The SMILES string of the molecule is Nc1ccc2nc(S(=O)Cc3cccc(Cl)c3F)[nH]c2c1. The van der Waals surface area contributed by atoms with E-state index in [0.29, 0.717) is 22.3 Å². The Kier molecular flexibility index (Phi) is 3.65. The molecule has 3 N–H and O–H groups in total. The summed E-state index contributed by atoms with van der Waals surface area (Å²) in [6, 6.07) is 9.79. The number of nitrogens with zero attached hydrogens (tertiary/aromatic N) is 1. The Morgan fingerprint density at radius 3 is 2.95 bits per heavy atom. The van der Waals surface area contributed by atoms with Crippen molar-refractivity contribution >= 4 is 39.1 Å². The molecule has 0 saturated heterocycles. The number of halogens is 2. The van der Waals surface area contributed by atoms with Crippen LogP contribution in [0.25, 0.3) is 11.0 Å². The number of rotatable bonds is 3. The average Bonchev–Trinajstić information content (AvgIpc) is 2.87. The van der Waals surface area contributed by atoms with E-state index in [-0.39, 0.29) is 15.9 Å². The van der Waals surface area contributed by atoms with Crippen LogP contribution in [0.1, 0.15) is 5.56 Å². The van der Waals surface area contributed by atoms with Gasteiger partial charge in [-0.05, 0) is 24.3 Å². The fourth-order valence-electron chi connectivity index (χ4n) is 1.98. The molecule has 3 aromatic rings. The highest BCUT2D eigenvalue weighted by molar-refractivity contribution is 7.84. The Hall–Kier alpha value is -1.92. The molecule has 4 nitrogen and oxygen atoms in total. The largest absolute Gasteiger partial charge is 0.399 e. The summed E-state index contributed by atoms with van der Waals surface area (Å²) >= 11 is 5.71. The number of imidazole rings is 1. The summed E-state index contributed by atoms with van der Waals surface area (Å²) in [6.07, 6.45) is 0. The smallest absolute Gasteiger partial charge is 0.197 e. The van der Waals surface area contributed by atoms with Gasteiger partial charge in [0, 0.05) is 11.3 Å². The molecule has 0 saturated carbocycles. The Morgan fingerprint density at radius 1 is 1.33 bits per heavy atom. The number of aromatic amines is 1. The number of aromatic nitrogens is 2. The molecule has 0 amide bonds. The number of anilines is 1. The highest BCUT2D eigenvalue weighted by Crippen LogP contribution is 2.22. The molecule has 0 aliphatic rings. The molecule has 3 rings (SSSR count). The molecule has 1 aromatic heterocycles. The number of nitrogens with two attached hydrogens (primary N) is 1. The predicted octanol–water partition coefficient (Wildman–Crippen LogP) is 3.25. The summed E-state index contributed by atoms with van der Waals surface area (Å²) in [6.45, 7) is 0. The lowest BCUT2D eigenvalue weighted by Crippen LogP contribution is -2.01. The second kappa shape index (κ2) is 5.46. The first-order valence-electron chi connectivity index (χ1n) is 6.11. The van der Waals surface area contributed by atoms with Crippen molar-refractivity contribution in [2.24, 2.45) is 0 Å². The van der Waals surface area contributed by atoms with Gasteiger partial charge in [-0.25, -0.2) is 9.37 Å². The Balaban J connectivity index is 1.91. The van der Waals surface area contributed by atoms with Crippen molar-refractivity contribution in [2.45, 2.75) is 10.9 Å². The average molecular weight is 324 g/mol. The molecule has 0 fully saturated rings. The number of nitrogens with one attached hydrogen (secondary N) is 1. The van der Waals surface area contributed by atoms with E-state index < -0.39 is 16.6 Å². The van der Waals surface area contributed by atoms with Crippen molar-refractivity contribution < 1.29 is 8.60 Å². The first-order chi connectivity index (χ1) is 10.0. The normalized spacial score (nSPS) is 12.7. The second-order valence-corrected chi connectivity index (χ2v) is 6.29. The highest BCUT2D eigenvalue weighted by Gasteiger charge is 2.14. The maximum atomic E-state index is 13.8. The van der Waals surface area contributed by atoms with Crippen molar-refractivity contribution in [3.8, 4) is 0 Å². The summed E-state index contributed by atoms with van der Waals surface area (Å²) in [5, 5.41) is 0.303. The van der Waals surface area contributed by atoms with Gasteiger partial charge in [-0.1, -0.05) is 23.7 Å². The minimum Gasteiger partial charge on any atom is -0.399 e. The van der Waals surface area contributed by atoms with Crippen LogP contribution in [0.5, 0.6) is 0 Å². The van der Waals surface area contributed by atoms with Crippen molar-refractivity contribution in [1.82, 2.24) is 9.97 Å². The fourth-order valence-corrected chi connectivity index (χ4v) is 3.24. The van der Waals surface area contributed by atoms with Crippen LogP contribution in [0.2, 0.25) is 5.02 Å². The lowest BCUT2D eigenvalue weighted by atomic mass is 10.2. The third-order valence-electron chi connectivity index (χ3n) is 3.02. The molecule has 0 aliphatic carbocycles. The molecular weight excluding hydrogens is 313 g/mol. The lowest BCUT2D eigenvalue weighted by molar-refractivity contribution is 0.615. The molecule has 0 spiro atoms. The summed E-state index contributed by atoms with van der Waals surface area (Å²) in [5.74, 6) is -0.547. The van der Waals surface area contributed by atoms with Crippen LogP contribution in [0.4, 0.5) is 10.1 Å². The molecule has 1 unspecified atom stereocenters. The molecule has 0 radical (unpaired) electrons. The maximum Gasteiger partial charge on any atom is 0.197 e. The second-order valence-electron chi connectivity index (χ2n) is 4.52. The molecule has 7 heteroatoms. The van der Waals surface area contributed by atoms with Gasteiger partial charge in [-0.2, -0.15) is 0 Å². The molecule has 2 aromatic carbocycles. The molecule has 0 bridgehead atoms. The monoisotopic (exact) mass is 323 g/mol. The van der Waals surface area contributed by atoms with Crippen molar-refractivity contribution in [3.63, 3.8) is 0 Å². The summed E-state index contributed by atoms with van der Waals surface area (Å²) in [5.41, 5.74) is 7.93. The lowest BCUT2D eigenvalue weighted by Gasteiger charge is -2.02. The van der Waals surface area contributed by atoms with Crippen LogP contribution in [-0.4, -0.2) is 14.2 Å². The van der Waals surface area contributed by atoms with E-state index in [1.165, 1.54) is 6.07 Å². The third-order valence-corrected chi connectivity index (χ3v) is 4.51. The number of H-pyrrole nitrogens is 1. The minimum atomic E-state index is -1.50. The van der Waals surface area contributed by atoms with Gasteiger partial charge < -0.3 is 10.7 Å². The molecule has 21 heavy (non-hydrogen) atoms. The molecule has 108 valence electrons. The topological polar surface area (TPSA) is 71.8 Å². The van der Waals surface area contributed by atoms with Crippen molar-refractivity contribution in [3.05, 3.63) is 52.8 Å². The number of nitrogen functional groups attached to an aromatic ring is 1. The molecular formula is C14H11ClFN3OS. The zero-order valence-corrected chi connectivity index (χ0v) is 12.3. The standard InChI is InChI=1S/C14H11ClFN3OS/c15-10-3-1-2-8(13(10)16)7-21(20)14-18-11-5-4-9(17)6-12(11)19-14/h1-6H,7,17H2,(H,18,19). The quantitative estimate of drug-likeness (QED) is 0.727. The zero-order chi connectivity index (χ0) is 15.0. The van der Waals surface area contributed by atoms with Crippen LogP contribution >= 0.6 is 11.6 Å². The summed E-state index contributed by atoms with van der Waals surface area (Å²) in [7, 11) is -1.50. The fraction of sp³-hybridized carbons (Fsp3) is 0.0714. The van der Waals surface area contributed by atoms with Gasteiger partial charge in [0.05, 0.1) is 32.6 Å². The number of hydrogen-bond acceptors (Lipinski definition) is 3. The highest BCUT2D eigenvalue weighted by atomic mass is 35.5. The first kappa shape index (κ1) is 14.0. The van der Waals surface area contributed by atoms with Gasteiger partial charge in [0.2, 0.25) is 0 Å². The summed E-state index contributed by atoms with van der Waals surface area (Å²) < 4.78 is 26.1. The minimum absolute atomic E-state index is 0.00168. The molecule has 1 heterocycles. The van der Waals surface area contributed by atoms with Crippen LogP contribution in [0.3, 0.4) is 0 Å². The van der Waals surface area contributed by atoms with Gasteiger partial charge in [-0.3, -0.25) is 4.21 Å². The maximum absolute atomic E-state index is 13.8. The van der Waals surface area contributed by atoms with Gasteiger partial charge in [0.25, 0.3) is 0 Å².